The van der Waals surface area contributed by atoms with Crippen molar-refractivity contribution in [3.63, 3.8) is 0 Å². The second-order valence-electron chi connectivity index (χ2n) is 5.98. The van der Waals surface area contributed by atoms with Gasteiger partial charge in [0.15, 0.2) is 12.0 Å². The van der Waals surface area contributed by atoms with Crippen LogP contribution >= 0.6 is 31.9 Å². The van der Waals surface area contributed by atoms with Gasteiger partial charge in [0.1, 0.15) is 11.5 Å². The van der Waals surface area contributed by atoms with Crippen molar-refractivity contribution in [3.05, 3.63) is 44.8 Å². The van der Waals surface area contributed by atoms with Crippen LogP contribution in [-0.4, -0.2) is 27.5 Å². The molecule has 0 aromatic heterocycles. The number of anilines is 1. The molecule has 0 unspecified atom stereocenters. The Morgan fingerprint density at radius 1 is 1.15 bits per heavy atom. The van der Waals surface area contributed by atoms with Crippen LogP contribution in [0.1, 0.15) is 31.7 Å². The van der Waals surface area contributed by atoms with E-state index in [0.717, 1.165) is 5.56 Å². The molecule has 140 valence electrons. The van der Waals surface area contributed by atoms with Crippen molar-refractivity contribution in [2.24, 2.45) is 0 Å². The molecule has 0 saturated heterocycles. The highest BCUT2D eigenvalue weighted by Gasteiger charge is 2.14. The number of nitrogens with one attached hydrogen (secondary N) is 1. The molecule has 0 heterocycles. The zero-order valence-electron chi connectivity index (χ0n) is 14.2. The van der Waals surface area contributed by atoms with Crippen LogP contribution in [0.5, 0.6) is 17.2 Å². The van der Waals surface area contributed by atoms with Gasteiger partial charge < -0.3 is 25.4 Å². The lowest BCUT2D eigenvalue weighted by Gasteiger charge is -2.15. The van der Waals surface area contributed by atoms with Gasteiger partial charge in [-0.2, -0.15) is 0 Å². The molecule has 2 rings (SSSR count). The Morgan fingerprint density at radius 2 is 1.77 bits per heavy atom. The van der Waals surface area contributed by atoms with Crippen LogP contribution < -0.4 is 10.1 Å². The van der Waals surface area contributed by atoms with Gasteiger partial charge in [0, 0.05) is 11.3 Å². The van der Waals surface area contributed by atoms with Crippen molar-refractivity contribution < 1.29 is 24.9 Å². The summed E-state index contributed by atoms with van der Waals surface area (Å²) in [6.07, 6.45) is -2.12. The molecule has 0 spiro atoms. The highest BCUT2D eigenvalue weighted by molar-refractivity contribution is 9.11. The van der Waals surface area contributed by atoms with Gasteiger partial charge in [0.25, 0.3) is 0 Å². The largest absolute Gasteiger partial charge is 0.508 e. The Bertz CT molecular complexity index is 785. The quantitative estimate of drug-likeness (QED) is 0.449. The molecular formula is C18H19Br2NO5. The van der Waals surface area contributed by atoms with Gasteiger partial charge in [0.05, 0.1) is 15.4 Å². The van der Waals surface area contributed by atoms with Gasteiger partial charge in [-0.25, -0.2) is 0 Å². The number of phenolic OH excluding ortho intramolecular Hbond substituents is 1. The maximum atomic E-state index is 11.6. The van der Waals surface area contributed by atoms with Crippen LogP contribution in [0.3, 0.4) is 0 Å². The smallest absolute Gasteiger partial charge is 0.229 e. The monoisotopic (exact) mass is 487 g/mol. The fourth-order valence-electron chi connectivity index (χ4n) is 2.28. The van der Waals surface area contributed by atoms with E-state index in [9.17, 15) is 9.90 Å². The molecular weight excluding hydrogens is 470 g/mol. The molecule has 2 aromatic rings. The first-order valence-corrected chi connectivity index (χ1v) is 9.41. The summed E-state index contributed by atoms with van der Waals surface area (Å²) in [5.41, 5.74) is 1.25. The summed E-state index contributed by atoms with van der Waals surface area (Å²) >= 11 is 6.81. The van der Waals surface area contributed by atoms with Crippen LogP contribution in [0.2, 0.25) is 0 Å². The summed E-state index contributed by atoms with van der Waals surface area (Å²) in [7, 11) is 0. The molecule has 8 heteroatoms. The van der Waals surface area contributed by atoms with E-state index in [1.54, 1.807) is 30.3 Å². The molecule has 0 aliphatic rings. The van der Waals surface area contributed by atoms with E-state index in [-0.39, 0.29) is 11.7 Å². The van der Waals surface area contributed by atoms with Gasteiger partial charge in [0.2, 0.25) is 5.91 Å². The zero-order valence-corrected chi connectivity index (χ0v) is 17.3. The van der Waals surface area contributed by atoms with E-state index >= 15 is 0 Å². The van der Waals surface area contributed by atoms with Crippen LogP contribution in [0, 0.1) is 0 Å². The topological polar surface area (TPSA) is 99.0 Å². The Balaban J connectivity index is 2.23. The molecule has 0 saturated carbocycles. The molecule has 0 radical (unpaired) electrons. The summed E-state index contributed by atoms with van der Waals surface area (Å²) in [5, 5.41) is 30.2. The summed E-state index contributed by atoms with van der Waals surface area (Å²) in [6.45, 7) is 3.96. The minimum Gasteiger partial charge on any atom is -0.508 e. The maximum Gasteiger partial charge on any atom is 0.229 e. The first kappa shape index (κ1) is 20.7. The normalized spacial score (nSPS) is 11.1. The van der Waals surface area contributed by atoms with Crippen molar-refractivity contribution in [1.82, 2.24) is 0 Å². The molecule has 6 nitrogen and oxygen atoms in total. The molecule has 1 amide bonds. The fourth-order valence-corrected chi connectivity index (χ4v) is 3.63. The molecule has 0 aliphatic heterocycles. The number of aromatic hydroxyl groups is 1. The third kappa shape index (κ3) is 5.44. The van der Waals surface area contributed by atoms with E-state index in [1.165, 1.54) is 0 Å². The lowest BCUT2D eigenvalue weighted by atomic mass is 10.0. The van der Waals surface area contributed by atoms with E-state index in [0.29, 0.717) is 26.1 Å². The lowest BCUT2D eigenvalue weighted by Crippen LogP contribution is -2.19. The molecule has 26 heavy (non-hydrogen) atoms. The Kier molecular flexibility index (Phi) is 7.05. The summed E-state index contributed by atoms with van der Waals surface area (Å²) in [5.74, 6) is 0.908. The number of carbonyl (C=O) groups is 1. The van der Waals surface area contributed by atoms with Crippen LogP contribution in [0.4, 0.5) is 5.69 Å². The third-order valence-electron chi connectivity index (χ3n) is 3.49. The average molecular weight is 489 g/mol. The van der Waals surface area contributed by atoms with Crippen LogP contribution in [0.25, 0.3) is 0 Å². The number of halogens is 2. The van der Waals surface area contributed by atoms with Gasteiger partial charge in [-0.15, -0.1) is 0 Å². The van der Waals surface area contributed by atoms with Crippen molar-refractivity contribution in [1.29, 1.82) is 0 Å². The van der Waals surface area contributed by atoms with Gasteiger partial charge >= 0.3 is 0 Å². The van der Waals surface area contributed by atoms with Crippen molar-refractivity contribution in [2.45, 2.75) is 32.5 Å². The minimum atomic E-state index is -1.70. The van der Waals surface area contributed by atoms with E-state index in [4.69, 9.17) is 14.9 Å². The molecule has 0 atom stereocenters. The Labute approximate surface area is 168 Å². The molecule has 4 N–H and O–H groups in total. The lowest BCUT2D eigenvalue weighted by molar-refractivity contribution is -0.124. The molecule has 0 aliphatic carbocycles. The second kappa shape index (κ2) is 8.85. The number of benzene rings is 2. The standard InChI is InChI=1S/C18H19Br2NO5/c1-9(2)12-7-11(3-4-15(12)22)26-18-13(19)5-10(6-14(18)20)21-16(23)8-17(24)25/h3-7,9,17,22,24-25H,8H2,1-2H3,(H,21,23). The fraction of sp³-hybridized carbons (Fsp3) is 0.278. The summed E-state index contributed by atoms with van der Waals surface area (Å²) in [6, 6.07) is 8.31. The molecule has 0 bridgehead atoms. The number of aliphatic hydroxyl groups excluding tert-OH is 1. The number of ether oxygens (including phenoxy) is 1. The number of hydrogen-bond donors (Lipinski definition) is 4. The second-order valence-corrected chi connectivity index (χ2v) is 7.69. The van der Waals surface area contributed by atoms with Crippen molar-refractivity contribution in [3.8, 4) is 17.2 Å². The highest BCUT2D eigenvalue weighted by Crippen LogP contribution is 2.40. The SMILES string of the molecule is CC(C)c1cc(Oc2c(Br)cc(NC(=O)CC(O)O)cc2Br)ccc1O. The number of amides is 1. The number of phenols is 1. The first-order valence-electron chi connectivity index (χ1n) is 7.83. The zero-order chi connectivity index (χ0) is 19.4. The molecule has 0 fully saturated rings. The van der Waals surface area contributed by atoms with Gasteiger partial charge in [-0.3, -0.25) is 4.79 Å². The average Bonchev–Trinajstić information content (AvgIpc) is 2.51. The minimum absolute atomic E-state index is 0.143. The first-order chi connectivity index (χ1) is 12.2. The number of hydrogen-bond acceptors (Lipinski definition) is 5. The van der Waals surface area contributed by atoms with E-state index < -0.39 is 18.6 Å². The van der Waals surface area contributed by atoms with Crippen molar-refractivity contribution >= 4 is 43.5 Å². The highest BCUT2D eigenvalue weighted by atomic mass is 79.9. The summed E-state index contributed by atoms with van der Waals surface area (Å²) < 4.78 is 7.09. The molecule has 2 aromatic carbocycles. The predicted octanol–water partition coefficient (Wildman–Crippen LogP) is 4.47. The van der Waals surface area contributed by atoms with E-state index in [1.807, 2.05) is 13.8 Å². The Morgan fingerprint density at radius 3 is 2.31 bits per heavy atom. The van der Waals surface area contributed by atoms with Crippen molar-refractivity contribution in [2.75, 3.05) is 5.32 Å². The van der Waals surface area contributed by atoms with Crippen LogP contribution in [-0.2, 0) is 4.79 Å². The van der Waals surface area contributed by atoms with E-state index in [2.05, 4.69) is 37.2 Å². The Hall–Kier alpha value is -1.61. The maximum absolute atomic E-state index is 11.6. The number of rotatable bonds is 6. The van der Waals surface area contributed by atoms with Gasteiger partial charge in [-0.1, -0.05) is 13.8 Å². The number of carbonyl (C=O) groups excluding carboxylic acids is 1. The summed E-state index contributed by atoms with van der Waals surface area (Å²) in [4.78, 5) is 11.6. The predicted molar refractivity (Wildman–Crippen MR) is 106 cm³/mol. The number of aliphatic hydroxyl groups is 2. The van der Waals surface area contributed by atoms with Crippen LogP contribution in [0.15, 0.2) is 39.3 Å². The third-order valence-corrected chi connectivity index (χ3v) is 4.67. The van der Waals surface area contributed by atoms with Gasteiger partial charge in [-0.05, 0) is 68.1 Å².